The summed E-state index contributed by atoms with van der Waals surface area (Å²) in [5, 5.41) is 13.9. The molecular formula is C15H23BrCl2N2O. The van der Waals surface area contributed by atoms with Gasteiger partial charge in [0.25, 0.3) is 0 Å². The summed E-state index contributed by atoms with van der Waals surface area (Å²) in [4.78, 5) is 2.43. The summed E-state index contributed by atoms with van der Waals surface area (Å²) < 4.78 is 1.05. The minimum absolute atomic E-state index is 0. The van der Waals surface area contributed by atoms with Crippen molar-refractivity contribution in [2.24, 2.45) is 5.41 Å². The van der Waals surface area contributed by atoms with Gasteiger partial charge in [-0.1, -0.05) is 41.4 Å². The molecule has 1 saturated heterocycles. The van der Waals surface area contributed by atoms with Crippen LogP contribution in [-0.2, 0) is 0 Å². The number of aliphatic hydroxyl groups excluding tert-OH is 1. The molecule has 6 heteroatoms. The van der Waals surface area contributed by atoms with Crippen molar-refractivity contribution in [3.63, 3.8) is 0 Å². The summed E-state index contributed by atoms with van der Waals surface area (Å²) in [6, 6.07) is 6.02. The smallest absolute Gasteiger partial charge is 0.0500 e. The predicted octanol–water partition coefficient (Wildman–Crippen LogP) is 3.49. The molecule has 3 nitrogen and oxygen atoms in total. The number of halogens is 3. The molecule has 21 heavy (non-hydrogen) atoms. The summed E-state index contributed by atoms with van der Waals surface area (Å²) in [6.45, 7) is 8.27. The van der Waals surface area contributed by atoms with Gasteiger partial charge >= 0.3 is 0 Å². The predicted molar refractivity (Wildman–Crippen MR) is 94.5 cm³/mol. The van der Waals surface area contributed by atoms with Crippen molar-refractivity contribution in [2.75, 3.05) is 32.8 Å². The van der Waals surface area contributed by atoms with Gasteiger partial charge < -0.3 is 10.4 Å². The lowest BCUT2D eigenvalue weighted by atomic mass is 9.79. The van der Waals surface area contributed by atoms with E-state index in [4.69, 9.17) is 11.6 Å². The van der Waals surface area contributed by atoms with Crippen LogP contribution in [0, 0.1) is 5.41 Å². The monoisotopic (exact) mass is 396 g/mol. The van der Waals surface area contributed by atoms with Gasteiger partial charge in [-0.15, -0.1) is 12.4 Å². The SMILES string of the molecule is CC(C)(CO)[C@@H](c1cc(Cl)ccc1Br)N1CCNCC1.Cl. The molecule has 0 spiro atoms. The Morgan fingerprint density at radius 1 is 1.38 bits per heavy atom. The van der Waals surface area contributed by atoms with Crippen molar-refractivity contribution in [1.29, 1.82) is 0 Å². The van der Waals surface area contributed by atoms with Crippen LogP contribution in [0.1, 0.15) is 25.5 Å². The van der Waals surface area contributed by atoms with Crippen molar-refractivity contribution < 1.29 is 5.11 Å². The molecule has 0 aliphatic carbocycles. The summed E-state index contributed by atoms with van der Waals surface area (Å²) in [5.74, 6) is 0. The lowest BCUT2D eigenvalue weighted by molar-refractivity contribution is 0.0301. The molecular weight excluding hydrogens is 375 g/mol. The van der Waals surface area contributed by atoms with E-state index in [1.165, 1.54) is 0 Å². The maximum Gasteiger partial charge on any atom is 0.0500 e. The zero-order valence-electron chi connectivity index (χ0n) is 12.4. The van der Waals surface area contributed by atoms with Gasteiger partial charge in [0, 0.05) is 53.7 Å². The third kappa shape index (κ3) is 4.57. The highest BCUT2D eigenvalue weighted by atomic mass is 79.9. The third-order valence-corrected chi connectivity index (χ3v) is 4.87. The lowest BCUT2D eigenvalue weighted by Crippen LogP contribution is -2.49. The Morgan fingerprint density at radius 3 is 2.57 bits per heavy atom. The van der Waals surface area contributed by atoms with E-state index in [1.54, 1.807) is 0 Å². The van der Waals surface area contributed by atoms with Crippen molar-refractivity contribution in [3.05, 3.63) is 33.3 Å². The second-order valence-electron chi connectivity index (χ2n) is 6.00. The molecule has 0 bridgehead atoms. The first-order chi connectivity index (χ1) is 9.45. The Balaban J connectivity index is 0.00000220. The summed E-state index contributed by atoms with van der Waals surface area (Å²) >= 11 is 9.82. The van der Waals surface area contributed by atoms with Crippen molar-refractivity contribution >= 4 is 39.9 Å². The molecule has 2 N–H and O–H groups in total. The molecule has 0 aromatic heterocycles. The highest BCUT2D eigenvalue weighted by Crippen LogP contribution is 2.42. The number of nitrogens with zero attached hydrogens (tertiary/aromatic N) is 1. The molecule has 120 valence electrons. The largest absolute Gasteiger partial charge is 0.396 e. The Kier molecular flexibility index (Phi) is 7.44. The molecule has 0 unspecified atom stereocenters. The van der Waals surface area contributed by atoms with Crippen LogP contribution in [0.15, 0.2) is 22.7 Å². The van der Waals surface area contributed by atoms with Crippen LogP contribution >= 0.6 is 39.9 Å². The molecule has 1 heterocycles. The second kappa shape index (κ2) is 8.14. The number of piperazine rings is 1. The van der Waals surface area contributed by atoms with Gasteiger partial charge in [-0.3, -0.25) is 4.90 Å². The highest BCUT2D eigenvalue weighted by molar-refractivity contribution is 9.10. The molecule has 1 aromatic carbocycles. The first-order valence-electron chi connectivity index (χ1n) is 6.96. The van der Waals surface area contributed by atoms with Crippen LogP contribution in [0.5, 0.6) is 0 Å². The Morgan fingerprint density at radius 2 is 2.00 bits per heavy atom. The van der Waals surface area contributed by atoms with Gasteiger partial charge in [0.2, 0.25) is 0 Å². The van der Waals surface area contributed by atoms with Gasteiger partial charge in [0.05, 0.1) is 0 Å². The third-order valence-electron chi connectivity index (χ3n) is 3.92. The van der Waals surface area contributed by atoms with Gasteiger partial charge in [0.15, 0.2) is 0 Å². The maximum absolute atomic E-state index is 9.83. The summed E-state index contributed by atoms with van der Waals surface area (Å²) in [6.07, 6.45) is 0. The maximum atomic E-state index is 9.83. The van der Waals surface area contributed by atoms with Crippen LogP contribution in [0.3, 0.4) is 0 Å². The molecule has 1 aliphatic rings. The van der Waals surface area contributed by atoms with Crippen LogP contribution in [0.25, 0.3) is 0 Å². The average Bonchev–Trinajstić information content (AvgIpc) is 2.44. The van der Waals surface area contributed by atoms with E-state index >= 15 is 0 Å². The van der Waals surface area contributed by atoms with E-state index in [2.05, 4.69) is 40.0 Å². The van der Waals surface area contributed by atoms with Gasteiger partial charge in [-0.05, 0) is 23.8 Å². The summed E-state index contributed by atoms with van der Waals surface area (Å²) in [7, 11) is 0. The fourth-order valence-electron chi connectivity index (χ4n) is 2.86. The van der Waals surface area contributed by atoms with E-state index in [0.29, 0.717) is 0 Å². The molecule has 0 radical (unpaired) electrons. The number of hydrogen-bond acceptors (Lipinski definition) is 3. The van der Waals surface area contributed by atoms with E-state index in [0.717, 1.165) is 41.2 Å². The quantitative estimate of drug-likeness (QED) is 0.816. The number of benzene rings is 1. The van der Waals surface area contributed by atoms with Crippen LogP contribution in [0.2, 0.25) is 5.02 Å². The van der Waals surface area contributed by atoms with E-state index in [1.807, 2.05) is 18.2 Å². The fourth-order valence-corrected chi connectivity index (χ4v) is 3.51. The molecule has 1 aliphatic heterocycles. The number of rotatable bonds is 4. The molecule has 1 fully saturated rings. The highest BCUT2D eigenvalue weighted by Gasteiger charge is 2.36. The Labute approximate surface area is 146 Å². The molecule has 1 aromatic rings. The number of hydrogen-bond donors (Lipinski definition) is 2. The lowest BCUT2D eigenvalue weighted by Gasteiger charge is -2.44. The Hall–Kier alpha value is 0.160. The van der Waals surface area contributed by atoms with Crippen molar-refractivity contribution in [2.45, 2.75) is 19.9 Å². The van der Waals surface area contributed by atoms with E-state index in [-0.39, 0.29) is 30.5 Å². The number of nitrogens with one attached hydrogen (secondary N) is 1. The fraction of sp³-hybridized carbons (Fsp3) is 0.600. The normalized spacial score (nSPS) is 18.1. The van der Waals surface area contributed by atoms with Gasteiger partial charge in [-0.2, -0.15) is 0 Å². The molecule has 2 rings (SSSR count). The van der Waals surface area contributed by atoms with Crippen LogP contribution < -0.4 is 5.32 Å². The van der Waals surface area contributed by atoms with Crippen LogP contribution in [-0.4, -0.2) is 42.8 Å². The van der Waals surface area contributed by atoms with Crippen molar-refractivity contribution in [1.82, 2.24) is 10.2 Å². The molecule has 0 saturated carbocycles. The molecule has 1 atom stereocenters. The first kappa shape index (κ1) is 19.2. The number of aliphatic hydroxyl groups is 1. The zero-order chi connectivity index (χ0) is 14.8. The van der Waals surface area contributed by atoms with Gasteiger partial charge in [-0.25, -0.2) is 0 Å². The average molecular weight is 398 g/mol. The summed E-state index contributed by atoms with van der Waals surface area (Å²) in [5.41, 5.74) is 0.920. The van der Waals surface area contributed by atoms with E-state index < -0.39 is 0 Å². The first-order valence-corrected chi connectivity index (χ1v) is 8.13. The van der Waals surface area contributed by atoms with Crippen molar-refractivity contribution in [3.8, 4) is 0 Å². The standard InChI is InChI=1S/C15H22BrClN2O.ClH/c1-15(2,10-20)14(19-7-5-18-6-8-19)12-9-11(17)3-4-13(12)16;/h3-4,9,14,18,20H,5-8,10H2,1-2H3;1H/t14-;/m1./s1. The second-order valence-corrected chi connectivity index (χ2v) is 7.29. The zero-order valence-corrected chi connectivity index (χ0v) is 15.6. The van der Waals surface area contributed by atoms with Gasteiger partial charge in [0.1, 0.15) is 0 Å². The Bertz CT molecular complexity index is 465. The topological polar surface area (TPSA) is 35.5 Å². The van der Waals surface area contributed by atoms with E-state index in [9.17, 15) is 5.11 Å². The minimum Gasteiger partial charge on any atom is -0.396 e. The van der Waals surface area contributed by atoms with Crippen LogP contribution in [0.4, 0.5) is 0 Å². The molecule has 0 amide bonds. The minimum atomic E-state index is -0.232.